The highest BCUT2D eigenvalue weighted by atomic mass is 79.9. The second kappa shape index (κ2) is 9.91. The number of halogens is 1. The second-order valence-corrected chi connectivity index (χ2v) is 9.50. The maximum Gasteiger partial charge on any atom is 0.281 e. The first kappa shape index (κ1) is 22.9. The van der Waals surface area contributed by atoms with Crippen LogP contribution in [0.5, 0.6) is 11.5 Å². The van der Waals surface area contributed by atoms with E-state index in [-0.39, 0.29) is 12.3 Å². The van der Waals surface area contributed by atoms with E-state index in [2.05, 4.69) is 15.9 Å². The summed E-state index contributed by atoms with van der Waals surface area (Å²) in [5.41, 5.74) is 0.806. The Bertz CT molecular complexity index is 793. The Hall–Kier alpha value is -1.36. The van der Waals surface area contributed by atoms with Crippen LogP contribution in [-0.4, -0.2) is 81.3 Å². The van der Waals surface area contributed by atoms with Crippen LogP contribution in [0.3, 0.4) is 0 Å². The van der Waals surface area contributed by atoms with Crippen molar-refractivity contribution in [2.45, 2.75) is 20.3 Å². The molecule has 0 atom stereocenters. The van der Waals surface area contributed by atoms with Gasteiger partial charge in [0.05, 0.1) is 19.6 Å². The topological polar surface area (TPSA) is 79.4 Å². The van der Waals surface area contributed by atoms with Crippen LogP contribution in [0.25, 0.3) is 0 Å². The molecule has 158 valence electrons. The summed E-state index contributed by atoms with van der Waals surface area (Å²) in [6.45, 7) is 6.14. The van der Waals surface area contributed by atoms with Crippen molar-refractivity contribution in [3.05, 3.63) is 22.2 Å². The Kier molecular flexibility index (Phi) is 8.11. The third-order valence-corrected chi connectivity index (χ3v) is 7.11. The monoisotopic (exact) mass is 477 g/mol. The van der Waals surface area contributed by atoms with E-state index in [4.69, 9.17) is 9.47 Å². The first-order valence-electron chi connectivity index (χ1n) is 9.24. The molecule has 1 aliphatic rings. The smallest absolute Gasteiger partial charge is 0.281 e. The van der Waals surface area contributed by atoms with E-state index in [1.807, 2.05) is 26.0 Å². The lowest BCUT2D eigenvalue weighted by Crippen LogP contribution is -2.53. The zero-order valence-electron chi connectivity index (χ0n) is 16.8. The fraction of sp³-hybridized carbons (Fsp3) is 0.611. The Morgan fingerprint density at radius 1 is 1.07 bits per heavy atom. The minimum atomic E-state index is -3.45. The average Bonchev–Trinajstić information content (AvgIpc) is 2.65. The largest absolute Gasteiger partial charge is 0.490 e. The highest BCUT2D eigenvalue weighted by Crippen LogP contribution is 2.34. The number of hydrogen-bond acceptors (Lipinski definition) is 5. The third-order valence-electron chi connectivity index (χ3n) is 4.43. The van der Waals surface area contributed by atoms with Gasteiger partial charge in [-0.05, 0) is 31.5 Å². The number of piperazine rings is 1. The van der Waals surface area contributed by atoms with Crippen LogP contribution in [0.4, 0.5) is 0 Å². The minimum Gasteiger partial charge on any atom is -0.490 e. The molecule has 0 bridgehead atoms. The van der Waals surface area contributed by atoms with Gasteiger partial charge >= 0.3 is 0 Å². The molecule has 1 aliphatic heterocycles. The summed E-state index contributed by atoms with van der Waals surface area (Å²) in [4.78, 5) is 14.4. The Balaban J connectivity index is 2.06. The van der Waals surface area contributed by atoms with E-state index in [0.717, 1.165) is 10.0 Å². The molecule has 1 fully saturated rings. The van der Waals surface area contributed by atoms with Gasteiger partial charge < -0.3 is 14.4 Å². The van der Waals surface area contributed by atoms with Crippen molar-refractivity contribution in [1.29, 1.82) is 0 Å². The Morgan fingerprint density at radius 2 is 1.61 bits per heavy atom. The van der Waals surface area contributed by atoms with Gasteiger partial charge in [-0.3, -0.25) is 4.79 Å². The third kappa shape index (κ3) is 5.37. The summed E-state index contributed by atoms with van der Waals surface area (Å²) in [7, 11) is -0.434. The molecule has 0 aromatic heterocycles. The molecular weight excluding hydrogens is 450 g/mol. The van der Waals surface area contributed by atoms with Crippen LogP contribution in [-0.2, 0) is 21.4 Å². The number of carbonyl (C=O) groups is 1. The maximum absolute atomic E-state index is 12.7. The van der Waals surface area contributed by atoms with Gasteiger partial charge in [-0.25, -0.2) is 0 Å². The Morgan fingerprint density at radius 3 is 2.11 bits per heavy atom. The van der Waals surface area contributed by atoms with Crippen molar-refractivity contribution in [3.63, 3.8) is 0 Å². The predicted molar refractivity (Wildman–Crippen MR) is 111 cm³/mol. The number of nitrogens with zero attached hydrogens (tertiary/aromatic N) is 3. The summed E-state index contributed by atoms with van der Waals surface area (Å²) >= 11 is 3.51. The molecule has 0 saturated carbocycles. The molecule has 0 spiro atoms. The normalized spacial score (nSPS) is 15.7. The van der Waals surface area contributed by atoms with Crippen LogP contribution in [0.1, 0.15) is 19.4 Å². The Labute approximate surface area is 175 Å². The van der Waals surface area contributed by atoms with Gasteiger partial charge in [0, 0.05) is 44.7 Å². The van der Waals surface area contributed by atoms with Crippen molar-refractivity contribution in [1.82, 2.24) is 13.5 Å². The fourth-order valence-corrected chi connectivity index (χ4v) is 4.47. The fourth-order valence-electron chi connectivity index (χ4n) is 2.92. The van der Waals surface area contributed by atoms with Crippen molar-refractivity contribution >= 4 is 32.0 Å². The zero-order chi connectivity index (χ0) is 20.9. The number of amides is 1. The molecule has 28 heavy (non-hydrogen) atoms. The molecule has 1 saturated heterocycles. The average molecular weight is 478 g/mol. The van der Waals surface area contributed by atoms with Crippen LogP contribution in [0.15, 0.2) is 16.6 Å². The van der Waals surface area contributed by atoms with Gasteiger partial charge in [-0.2, -0.15) is 17.0 Å². The van der Waals surface area contributed by atoms with Crippen LogP contribution in [0.2, 0.25) is 0 Å². The SMILES string of the molecule is CCOc1cc(Br)c(CC(=O)N2CCN(S(=O)(=O)N(C)C)CC2)cc1OCC. The standard InChI is InChI=1S/C18H28BrN3O5S/c1-5-26-16-11-14(15(19)13-17(16)27-6-2)12-18(23)21-7-9-22(10-8-21)28(24,25)20(3)4/h11,13H,5-10,12H2,1-4H3. The van der Waals surface area contributed by atoms with E-state index >= 15 is 0 Å². The van der Waals surface area contributed by atoms with E-state index in [0.29, 0.717) is 50.9 Å². The van der Waals surface area contributed by atoms with Crippen molar-refractivity contribution < 1.29 is 22.7 Å². The molecule has 2 rings (SSSR count). The zero-order valence-corrected chi connectivity index (χ0v) is 19.2. The summed E-state index contributed by atoms with van der Waals surface area (Å²) in [5.74, 6) is 1.20. The molecular formula is C18H28BrN3O5S. The molecule has 1 aromatic rings. The molecule has 1 heterocycles. The summed E-state index contributed by atoms with van der Waals surface area (Å²) in [6, 6.07) is 3.64. The number of hydrogen-bond donors (Lipinski definition) is 0. The molecule has 0 unspecified atom stereocenters. The van der Waals surface area contributed by atoms with Gasteiger partial charge in [0.2, 0.25) is 5.91 Å². The van der Waals surface area contributed by atoms with Crippen LogP contribution < -0.4 is 9.47 Å². The number of benzene rings is 1. The van der Waals surface area contributed by atoms with E-state index in [9.17, 15) is 13.2 Å². The highest BCUT2D eigenvalue weighted by Gasteiger charge is 2.30. The van der Waals surface area contributed by atoms with Crippen molar-refractivity contribution in [2.75, 3.05) is 53.5 Å². The van der Waals surface area contributed by atoms with E-state index < -0.39 is 10.2 Å². The van der Waals surface area contributed by atoms with Gasteiger partial charge in [0.15, 0.2) is 11.5 Å². The predicted octanol–water partition coefficient (Wildman–Crippen LogP) is 1.74. The van der Waals surface area contributed by atoms with Gasteiger partial charge in [0.25, 0.3) is 10.2 Å². The van der Waals surface area contributed by atoms with Gasteiger partial charge in [0.1, 0.15) is 0 Å². The maximum atomic E-state index is 12.7. The van der Waals surface area contributed by atoms with E-state index in [1.54, 1.807) is 4.90 Å². The van der Waals surface area contributed by atoms with Gasteiger partial charge in [-0.15, -0.1) is 0 Å². The highest BCUT2D eigenvalue weighted by molar-refractivity contribution is 9.10. The van der Waals surface area contributed by atoms with E-state index in [1.165, 1.54) is 22.7 Å². The molecule has 8 nitrogen and oxygen atoms in total. The quantitative estimate of drug-likeness (QED) is 0.569. The number of ether oxygens (including phenoxy) is 2. The molecule has 1 aromatic carbocycles. The lowest BCUT2D eigenvalue weighted by Gasteiger charge is -2.35. The van der Waals surface area contributed by atoms with Crippen LogP contribution in [0, 0.1) is 0 Å². The van der Waals surface area contributed by atoms with Gasteiger partial charge in [-0.1, -0.05) is 15.9 Å². The molecule has 10 heteroatoms. The molecule has 0 N–H and O–H groups in total. The number of carbonyl (C=O) groups excluding carboxylic acids is 1. The minimum absolute atomic E-state index is 0.0470. The summed E-state index contributed by atoms with van der Waals surface area (Å²) in [5, 5.41) is 0. The van der Waals surface area contributed by atoms with Crippen molar-refractivity contribution in [3.8, 4) is 11.5 Å². The lowest BCUT2D eigenvalue weighted by atomic mass is 10.1. The van der Waals surface area contributed by atoms with Crippen molar-refractivity contribution in [2.24, 2.45) is 0 Å². The summed E-state index contributed by atoms with van der Waals surface area (Å²) < 4.78 is 39.0. The van der Waals surface area contributed by atoms with Crippen LogP contribution >= 0.6 is 15.9 Å². The lowest BCUT2D eigenvalue weighted by molar-refractivity contribution is -0.131. The number of rotatable bonds is 8. The summed E-state index contributed by atoms with van der Waals surface area (Å²) in [6.07, 6.45) is 0.202. The first-order chi connectivity index (χ1) is 13.2. The molecule has 0 radical (unpaired) electrons. The first-order valence-corrected chi connectivity index (χ1v) is 11.4. The second-order valence-electron chi connectivity index (χ2n) is 6.50. The molecule has 0 aliphatic carbocycles. The molecule has 1 amide bonds.